The molecule has 0 spiro atoms. The largest absolute Gasteiger partial charge is 0.756 e. The van der Waals surface area contributed by atoms with Crippen LogP contribution in [-0.2, 0) is 23.1 Å². The third-order valence-corrected chi connectivity index (χ3v) is 6.17. The zero-order valence-electron chi connectivity index (χ0n) is 17.5. The highest BCUT2D eigenvalue weighted by Crippen LogP contribution is 2.52. The first kappa shape index (κ1) is 23.7. The summed E-state index contributed by atoms with van der Waals surface area (Å²) in [5, 5.41) is 8.70. The lowest BCUT2D eigenvalue weighted by atomic mass is 9.85. The predicted octanol–water partition coefficient (Wildman–Crippen LogP) is 1.95. The van der Waals surface area contributed by atoms with Crippen LogP contribution in [0, 0.1) is 6.57 Å². The third-order valence-electron chi connectivity index (χ3n) is 5.19. The number of rotatable bonds is 9. The first-order valence-corrected chi connectivity index (χ1v) is 11.5. The van der Waals surface area contributed by atoms with Crippen LogP contribution in [0.5, 0.6) is 5.75 Å². The minimum atomic E-state index is -4.79. The molecule has 0 bridgehead atoms. The number of hydrogen-bond donors (Lipinski definition) is 1. The molecule has 1 unspecified atom stereocenters. The summed E-state index contributed by atoms with van der Waals surface area (Å²) >= 11 is 0. The molecule has 3 rings (SSSR count). The number of carbonyl (C=O) groups excluding carboxylic acids is 1. The Morgan fingerprint density at radius 1 is 1.39 bits per heavy atom. The van der Waals surface area contributed by atoms with Crippen molar-refractivity contribution in [2.24, 2.45) is 0 Å². The van der Waals surface area contributed by atoms with Gasteiger partial charge in [-0.25, -0.2) is 4.85 Å². The summed E-state index contributed by atoms with van der Waals surface area (Å²) in [7, 11) is -4.79. The number of fused-ring (bicyclic) bond motifs is 1. The Labute approximate surface area is 181 Å². The van der Waals surface area contributed by atoms with Crippen molar-refractivity contribution >= 4 is 19.4 Å². The molecule has 0 saturated carbocycles. The maximum Gasteiger partial charge on any atom is 0.268 e. The van der Waals surface area contributed by atoms with E-state index in [1.54, 1.807) is 36.9 Å². The molecular formula is C20H26N2O8P-. The Hall–Kier alpha value is -1.99. The number of ether oxygens (including phenoxy) is 2. The molecule has 1 aromatic rings. The van der Waals surface area contributed by atoms with Gasteiger partial charge in [-0.1, -0.05) is 6.07 Å². The summed E-state index contributed by atoms with van der Waals surface area (Å²) in [5.74, 6) is 0.357. The molecule has 0 aromatic heterocycles. The number of aliphatic hydroxyl groups is 1. The molecule has 1 aromatic carbocycles. The molecular weight excluding hydrogens is 427 g/mol. The Balaban J connectivity index is 1.91. The summed E-state index contributed by atoms with van der Waals surface area (Å²) in [4.78, 5) is 30.2. The van der Waals surface area contributed by atoms with Gasteiger partial charge in [-0.15, -0.1) is 0 Å². The molecule has 1 fully saturated rings. The van der Waals surface area contributed by atoms with Crippen LogP contribution in [0.15, 0.2) is 18.2 Å². The molecule has 11 heteroatoms. The van der Waals surface area contributed by atoms with Crippen LogP contribution < -0.4 is 9.63 Å². The molecule has 1 N–H and O–H groups in total. The van der Waals surface area contributed by atoms with Gasteiger partial charge in [0, 0.05) is 18.5 Å². The van der Waals surface area contributed by atoms with Crippen LogP contribution in [0.2, 0.25) is 0 Å². The second-order valence-corrected chi connectivity index (χ2v) is 9.18. The summed E-state index contributed by atoms with van der Waals surface area (Å²) in [6.07, 6.45) is -0.0879. The van der Waals surface area contributed by atoms with Gasteiger partial charge < -0.3 is 33.4 Å². The second-order valence-electron chi connectivity index (χ2n) is 7.82. The van der Waals surface area contributed by atoms with Gasteiger partial charge in [-0.3, -0.25) is 9.36 Å². The molecule has 10 nitrogen and oxygen atoms in total. The van der Waals surface area contributed by atoms with Crippen molar-refractivity contribution < 1.29 is 37.9 Å². The monoisotopic (exact) mass is 453 g/mol. The Kier molecular flexibility index (Phi) is 7.37. The van der Waals surface area contributed by atoms with Crippen molar-refractivity contribution in [3.63, 3.8) is 0 Å². The molecule has 2 heterocycles. The lowest BCUT2D eigenvalue weighted by molar-refractivity contribution is -0.240. The van der Waals surface area contributed by atoms with E-state index in [1.807, 2.05) is 0 Å². The number of phosphoric acid groups is 1. The molecule has 0 aliphatic carbocycles. The summed E-state index contributed by atoms with van der Waals surface area (Å²) in [6, 6.07) is 4.11. The normalized spacial score (nSPS) is 24.2. The molecule has 0 radical (unpaired) electrons. The maximum absolute atomic E-state index is 12.6. The fourth-order valence-corrected chi connectivity index (χ4v) is 4.84. The van der Waals surface area contributed by atoms with E-state index in [9.17, 15) is 14.3 Å². The highest BCUT2D eigenvalue weighted by molar-refractivity contribution is 7.45. The van der Waals surface area contributed by atoms with E-state index in [0.29, 0.717) is 36.4 Å². The number of benzene rings is 1. The van der Waals surface area contributed by atoms with Gasteiger partial charge in [0.25, 0.3) is 7.82 Å². The lowest BCUT2D eigenvalue weighted by Crippen LogP contribution is -2.55. The zero-order valence-corrected chi connectivity index (χ0v) is 18.4. The van der Waals surface area contributed by atoms with Crippen molar-refractivity contribution in [2.75, 3.05) is 33.0 Å². The van der Waals surface area contributed by atoms with E-state index < -0.39 is 25.6 Å². The van der Waals surface area contributed by atoms with Gasteiger partial charge in [0.2, 0.25) is 5.91 Å². The van der Waals surface area contributed by atoms with E-state index in [0.717, 1.165) is 0 Å². The minimum absolute atomic E-state index is 0.0358. The van der Waals surface area contributed by atoms with Crippen molar-refractivity contribution in [1.29, 1.82) is 0 Å². The number of phosphoric ester groups is 1. The third kappa shape index (κ3) is 5.44. The molecule has 1 amide bonds. The fraction of sp³-hybridized carbons (Fsp3) is 0.600. The molecule has 31 heavy (non-hydrogen) atoms. The van der Waals surface area contributed by atoms with Gasteiger partial charge in [0.1, 0.15) is 17.5 Å². The van der Waals surface area contributed by atoms with Gasteiger partial charge in [-0.05, 0) is 32.4 Å². The van der Waals surface area contributed by atoms with E-state index in [4.69, 9.17) is 30.2 Å². The smallest absolute Gasteiger partial charge is 0.268 e. The molecule has 2 aliphatic heterocycles. The number of nitrogens with zero attached hydrogens (tertiary/aromatic N) is 2. The summed E-state index contributed by atoms with van der Waals surface area (Å²) in [5.41, 5.74) is -0.240. The minimum Gasteiger partial charge on any atom is -0.756 e. The second kappa shape index (κ2) is 9.65. The SMILES string of the molecule is [C-]#[N+]c1ccc2c(c1)[C@@H](N1CCCC1=O)[C@H](OP(=O)([O-])OCCOCCO)C(C)(C)O2. The topological polar surface area (TPSA) is 122 Å². The average molecular weight is 453 g/mol. The zero-order chi connectivity index (χ0) is 22.6. The van der Waals surface area contributed by atoms with Gasteiger partial charge in [0.05, 0.1) is 39.0 Å². The molecule has 2 aliphatic rings. The highest BCUT2D eigenvalue weighted by atomic mass is 31.2. The number of likely N-dealkylation sites (tertiary alicyclic amines) is 1. The number of aliphatic hydroxyl groups excluding tert-OH is 1. The fourth-order valence-electron chi connectivity index (χ4n) is 3.84. The number of carbonyl (C=O) groups is 1. The standard InChI is InChI=1S/C20H27N2O8P/c1-20(2)19(30-31(25,26)28-12-11-27-10-9-23)18(22-8-4-5-17(22)24)15-13-14(21-3)6-7-16(15)29-20/h6-7,13,18-19,23H,4-5,8-12H2,1-2H3,(H,25,26)/p-1/t18-,19+/m1/s1. The maximum atomic E-state index is 12.6. The van der Waals surface area contributed by atoms with Crippen LogP contribution in [-0.4, -0.2) is 60.6 Å². The van der Waals surface area contributed by atoms with Gasteiger partial charge in [-0.2, -0.15) is 0 Å². The molecule has 1 saturated heterocycles. The van der Waals surface area contributed by atoms with Crippen LogP contribution in [0.1, 0.15) is 38.3 Å². The van der Waals surface area contributed by atoms with Gasteiger partial charge in [0.15, 0.2) is 5.69 Å². The Bertz CT molecular complexity index is 900. The highest BCUT2D eigenvalue weighted by Gasteiger charge is 2.50. The Morgan fingerprint density at radius 2 is 2.16 bits per heavy atom. The van der Waals surface area contributed by atoms with Crippen molar-refractivity contribution in [3.8, 4) is 5.75 Å². The van der Waals surface area contributed by atoms with E-state index in [2.05, 4.69) is 4.85 Å². The van der Waals surface area contributed by atoms with Crippen LogP contribution in [0.4, 0.5) is 5.69 Å². The predicted molar refractivity (Wildman–Crippen MR) is 107 cm³/mol. The molecule has 170 valence electrons. The van der Waals surface area contributed by atoms with Crippen molar-refractivity contribution in [2.45, 2.75) is 44.4 Å². The van der Waals surface area contributed by atoms with Crippen LogP contribution in [0.3, 0.4) is 0 Å². The van der Waals surface area contributed by atoms with Crippen LogP contribution >= 0.6 is 7.82 Å². The lowest BCUT2D eigenvalue weighted by Gasteiger charge is -2.48. The number of hydrogen-bond acceptors (Lipinski definition) is 8. The molecule has 3 atom stereocenters. The summed E-state index contributed by atoms with van der Waals surface area (Å²) < 4.78 is 34.0. The van der Waals surface area contributed by atoms with Gasteiger partial charge >= 0.3 is 0 Å². The van der Waals surface area contributed by atoms with E-state index in [1.165, 1.54) is 0 Å². The van der Waals surface area contributed by atoms with Crippen molar-refractivity contribution in [3.05, 3.63) is 35.2 Å². The quantitative estimate of drug-likeness (QED) is 0.342. The Morgan fingerprint density at radius 3 is 2.81 bits per heavy atom. The van der Waals surface area contributed by atoms with E-state index >= 15 is 0 Å². The number of amides is 1. The average Bonchev–Trinajstić information content (AvgIpc) is 3.13. The first-order chi connectivity index (χ1) is 14.7. The summed E-state index contributed by atoms with van der Waals surface area (Å²) in [6.45, 7) is 10.7. The van der Waals surface area contributed by atoms with E-state index in [-0.39, 0.29) is 32.3 Å². The van der Waals surface area contributed by atoms with Crippen LogP contribution in [0.25, 0.3) is 4.85 Å². The first-order valence-electron chi connectivity index (χ1n) is 10.0. The van der Waals surface area contributed by atoms with Crippen molar-refractivity contribution in [1.82, 2.24) is 4.90 Å².